The quantitative estimate of drug-likeness (QED) is 0.294. The maximum absolute atomic E-state index is 13.6. The van der Waals surface area contributed by atoms with Crippen LogP contribution in [0.1, 0.15) is 57.5 Å². The topological polar surface area (TPSA) is 157 Å². The summed E-state index contributed by atoms with van der Waals surface area (Å²) >= 11 is 0. The van der Waals surface area contributed by atoms with Crippen molar-refractivity contribution in [3.8, 4) is 11.1 Å². The van der Waals surface area contributed by atoms with Crippen molar-refractivity contribution in [2.45, 2.75) is 60.2 Å². The number of carbonyl (C=O) groups excluding carboxylic acids is 6. The summed E-state index contributed by atoms with van der Waals surface area (Å²) in [6.45, 7) is 8.42. The van der Waals surface area contributed by atoms with Gasteiger partial charge in [0.15, 0.2) is 6.04 Å². The number of anilines is 1. The van der Waals surface area contributed by atoms with E-state index in [1.807, 2.05) is 26.8 Å². The third-order valence-corrected chi connectivity index (χ3v) is 6.34. The van der Waals surface area contributed by atoms with Gasteiger partial charge in [0.1, 0.15) is 19.3 Å². The number of amides is 3. The largest absolute Gasteiger partial charge is 0.464 e. The van der Waals surface area contributed by atoms with Crippen molar-refractivity contribution < 1.29 is 43.0 Å². The zero-order valence-electron chi connectivity index (χ0n) is 25.1. The number of ether oxygens (including phenoxy) is 3. The smallest absolute Gasteiger partial charge is 0.332 e. The molecule has 0 aromatic heterocycles. The molecule has 230 valence electrons. The molecule has 3 amide bonds. The number of rotatable bonds is 11. The normalized spacial score (nSPS) is 13.8. The third-order valence-electron chi connectivity index (χ3n) is 6.34. The Bertz CT molecular complexity index is 1400. The molecule has 0 radical (unpaired) electrons. The van der Waals surface area contributed by atoms with Crippen molar-refractivity contribution in [2.75, 3.05) is 25.1 Å². The minimum atomic E-state index is -1.36. The van der Waals surface area contributed by atoms with E-state index in [4.69, 9.17) is 14.2 Å². The Hall–Kier alpha value is -4.74. The van der Waals surface area contributed by atoms with Gasteiger partial charge in [-0.3, -0.25) is 24.0 Å². The monoisotopic (exact) mass is 595 g/mol. The molecule has 0 bridgehead atoms. The van der Waals surface area contributed by atoms with Gasteiger partial charge in [0.25, 0.3) is 5.91 Å². The van der Waals surface area contributed by atoms with Crippen molar-refractivity contribution >= 4 is 41.3 Å². The van der Waals surface area contributed by atoms with Crippen molar-refractivity contribution in [3.05, 3.63) is 53.6 Å². The Morgan fingerprint density at radius 1 is 0.860 bits per heavy atom. The molecule has 1 heterocycles. The molecule has 0 spiro atoms. The fraction of sp³-hybridized carbons (Fsp3) is 0.419. The molecule has 12 heteroatoms. The molecule has 0 saturated carbocycles. The Labute approximate surface area is 250 Å². The number of carbonyl (C=O) groups is 6. The fourth-order valence-corrected chi connectivity index (χ4v) is 4.34. The fourth-order valence-electron chi connectivity index (χ4n) is 4.34. The Morgan fingerprint density at radius 3 is 2.05 bits per heavy atom. The molecule has 43 heavy (non-hydrogen) atoms. The summed E-state index contributed by atoms with van der Waals surface area (Å²) in [6, 6.07) is 9.61. The Kier molecular flexibility index (Phi) is 10.6. The van der Waals surface area contributed by atoms with Crippen LogP contribution in [0.5, 0.6) is 0 Å². The number of esters is 3. The van der Waals surface area contributed by atoms with Crippen LogP contribution in [0, 0.1) is 5.41 Å². The first-order valence-corrected chi connectivity index (χ1v) is 13.7. The minimum Gasteiger partial charge on any atom is -0.464 e. The second-order valence-electron chi connectivity index (χ2n) is 11.4. The van der Waals surface area contributed by atoms with Crippen LogP contribution in [-0.2, 0) is 44.7 Å². The van der Waals surface area contributed by atoms with E-state index < -0.39 is 55.0 Å². The molecule has 0 saturated heterocycles. The number of nitrogens with zero attached hydrogens (tertiary/aromatic N) is 1. The summed E-state index contributed by atoms with van der Waals surface area (Å²) < 4.78 is 15.5. The van der Waals surface area contributed by atoms with E-state index in [1.165, 1.54) is 18.7 Å². The van der Waals surface area contributed by atoms with E-state index in [0.29, 0.717) is 16.8 Å². The van der Waals surface area contributed by atoms with E-state index in [1.54, 1.807) is 36.4 Å². The van der Waals surface area contributed by atoms with Gasteiger partial charge in [0, 0.05) is 38.6 Å². The van der Waals surface area contributed by atoms with Crippen molar-refractivity contribution in [2.24, 2.45) is 5.41 Å². The first-order valence-electron chi connectivity index (χ1n) is 13.7. The molecule has 1 aliphatic heterocycles. The summed E-state index contributed by atoms with van der Waals surface area (Å²) in [6.07, 6.45) is 0. The molecule has 2 N–H and O–H groups in total. The van der Waals surface area contributed by atoms with Crippen molar-refractivity contribution in [1.29, 1.82) is 0 Å². The van der Waals surface area contributed by atoms with E-state index in [9.17, 15) is 28.8 Å². The second kappa shape index (κ2) is 14.0. The van der Waals surface area contributed by atoms with E-state index in [2.05, 4.69) is 10.6 Å². The first-order chi connectivity index (χ1) is 20.2. The van der Waals surface area contributed by atoms with E-state index in [-0.39, 0.29) is 24.5 Å². The van der Waals surface area contributed by atoms with Gasteiger partial charge in [-0.1, -0.05) is 45.0 Å². The van der Waals surface area contributed by atoms with Gasteiger partial charge in [-0.05, 0) is 40.3 Å². The standard InChI is InChI=1S/C31H37N3O9/c1-18(35)32-22-12-10-21(11-13-22)23-8-7-9-24-25(23)14-34(29(24)39)27(16-42-20(3)37)28(38)33-26(15-41-19(2)36)30(40)43-17-31(4,5)6/h7-13,26-27H,14-17H2,1-6H3,(H,32,35)(H,33,38)/t26-,27-/m0/s1. The maximum Gasteiger partial charge on any atom is 0.332 e. The molecule has 0 fully saturated rings. The van der Waals surface area contributed by atoms with Gasteiger partial charge in [0.2, 0.25) is 11.8 Å². The van der Waals surface area contributed by atoms with Crippen molar-refractivity contribution in [3.63, 3.8) is 0 Å². The Morgan fingerprint density at radius 2 is 1.47 bits per heavy atom. The Balaban J connectivity index is 1.89. The van der Waals surface area contributed by atoms with Gasteiger partial charge >= 0.3 is 17.9 Å². The summed E-state index contributed by atoms with van der Waals surface area (Å²) in [5, 5.41) is 5.22. The lowest BCUT2D eigenvalue weighted by atomic mass is 9.97. The van der Waals surface area contributed by atoms with Crippen LogP contribution in [-0.4, -0.2) is 72.4 Å². The zero-order chi connectivity index (χ0) is 31.9. The predicted octanol–water partition coefficient (Wildman–Crippen LogP) is 2.84. The number of hydrogen-bond donors (Lipinski definition) is 2. The molecule has 3 rings (SSSR count). The molecule has 12 nitrogen and oxygen atoms in total. The third kappa shape index (κ3) is 9.12. The highest BCUT2D eigenvalue weighted by Crippen LogP contribution is 2.34. The molecule has 1 aliphatic rings. The molecule has 0 unspecified atom stereocenters. The van der Waals surface area contributed by atoms with Gasteiger partial charge in [-0.15, -0.1) is 0 Å². The molecular weight excluding hydrogens is 558 g/mol. The highest BCUT2D eigenvalue weighted by molar-refractivity contribution is 6.03. The van der Waals surface area contributed by atoms with Gasteiger partial charge in [-0.2, -0.15) is 0 Å². The van der Waals surface area contributed by atoms with Crippen LogP contribution in [0.15, 0.2) is 42.5 Å². The SMILES string of the molecule is CC(=O)Nc1ccc(-c2cccc3c2CN([C@@H](COC(C)=O)C(=O)N[C@@H](COC(C)=O)C(=O)OCC(C)(C)C)C3=O)cc1. The summed E-state index contributed by atoms with van der Waals surface area (Å²) in [5.41, 5.74) is 2.80. The van der Waals surface area contributed by atoms with Crippen molar-refractivity contribution in [1.82, 2.24) is 10.2 Å². The number of benzene rings is 2. The highest BCUT2D eigenvalue weighted by Gasteiger charge is 2.40. The second-order valence-corrected chi connectivity index (χ2v) is 11.4. The van der Waals surface area contributed by atoms with E-state index in [0.717, 1.165) is 18.1 Å². The molecule has 2 atom stereocenters. The lowest BCUT2D eigenvalue weighted by molar-refractivity contribution is -0.156. The number of fused-ring (bicyclic) bond motifs is 1. The van der Waals surface area contributed by atoms with Crippen LogP contribution in [0.4, 0.5) is 5.69 Å². The highest BCUT2D eigenvalue weighted by atomic mass is 16.6. The number of nitrogens with one attached hydrogen (secondary N) is 2. The lowest BCUT2D eigenvalue weighted by Crippen LogP contribution is -2.55. The lowest BCUT2D eigenvalue weighted by Gasteiger charge is -2.28. The van der Waals surface area contributed by atoms with Crippen LogP contribution in [0.3, 0.4) is 0 Å². The van der Waals surface area contributed by atoms with Gasteiger partial charge < -0.3 is 29.7 Å². The maximum atomic E-state index is 13.6. The van der Waals surface area contributed by atoms with Crippen LogP contribution in [0.2, 0.25) is 0 Å². The average Bonchev–Trinajstić information content (AvgIpc) is 3.25. The van der Waals surface area contributed by atoms with Crippen LogP contribution >= 0.6 is 0 Å². The zero-order valence-corrected chi connectivity index (χ0v) is 25.1. The van der Waals surface area contributed by atoms with E-state index >= 15 is 0 Å². The van der Waals surface area contributed by atoms with Crippen LogP contribution < -0.4 is 10.6 Å². The summed E-state index contributed by atoms with van der Waals surface area (Å²) in [7, 11) is 0. The first kappa shape index (κ1) is 32.8. The molecular formula is C31H37N3O9. The van der Waals surface area contributed by atoms with Crippen LogP contribution in [0.25, 0.3) is 11.1 Å². The van der Waals surface area contributed by atoms with Gasteiger partial charge in [-0.25, -0.2) is 4.79 Å². The minimum absolute atomic E-state index is 0.0141. The van der Waals surface area contributed by atoms with Gasteiger partial charge in [0.05, 0.1) is 6.61 Å². The predicted molar refractivity (Wildman–Crippen MR) is 155 cm³/mol. The molecule has 2 aromatic rings. The number of hydrogen-bond acceptors (Lipinski definition) is 9. The summed E-state index contributed by atoms with van der Waals surface area (Å²) in [5.74, 6) is -3.62. The molecule has 0 aliphatic carbocycles. The average molecular weight is 596 g/mol. The summed E-state index contributed by atoms with van der Waals surface area (Å²) in [4.78, 5) is 75.9. The molecule has 2 aromatic carbocycles.